The fraction of sp³-hybridized carbons (Fsp3) is 0.200. The molecule has 5 nitrogen and oxygen atoms in total. The Kier molecular flexibility index (Phi) is 4.59. The maximum absolute atomic E-state index is 12.1. The summed E-state index contributed by atoms with van der Waals surface area (Å²) in [4.78, 5) is 24.6. The monoisotopic (exact) mass is 304 g/mol. The predicted molar refractivity (Wildman–Crippen MR) is 82.9 cm³/mol. The number of thiophene rings is 1. The maximum Gasteiger partial charge on any atom is 0.335 e. The van der Waals surface area contributed by atoms with Crippen molar-refractivity contribution in [3.63, 3.8) is 0 Å². The van der Waals surface area contributed by atoms with Gasteiger partial charge in [0, 0.05) is 19.3 Å². The number of aromatic carboxylic acids is 1. The Morgan fingerprint density at radius 2 is 2.10 bits per heavy atom. The molecule has 110 valence electrons. The van der Waals surface area contributed by atoms with Crippen LogP contribution in [0.1, 0.15) is 21.5 Å². The van der Waals surface area contributed by atoms with Gasteiger partial charge in [0.25, 0.3) is 0 Å². The van der Waals surface area contributed by atoms with E-state index in [0.717, 1.165) is 5.56 Å². The zero-order valence-electron chi connectivity index (χ0n) is 11.8. The van der Waals surface area contributed by atoms with Crippen molar-refractivity contribution in [2.24, 2.45) is 0 Å². The molecule has 2 aromatic rings. The molecule has 2 amide bonds. The molecule has 6 heteroatoms. The number of hydrogen-bond donors (Lipinski definition) is 2. The molecular formula is C15H16N2O3S. The molecule has 0 saturated carbocycles. The average Bonchev–Trinajstić information content (AvgIpc) is 2.91. The van der Waals surface area contributed by atoms with Gasteiger partial charge in [-0.05, 0) is 53.1 Å². The van der Waals surface area contributed by atoms with Gasteiger partial charge in [-0.25, -0.2) is 9.59 Å². The van der Waals surface area contributed by atoms with Crippen LogP contribution in [0.25, 0.3) is 0 Å². The number of rotatable bonds is 4. The van der Waals surface area contributed by atoms with E-state index in [1.165, 1.54) is 6.07 Å². The highest BCUT2D eigenvalue weighted by Crippen LogP contribution is 2.16. The number of carboxylic acid groups (broad SMARTS) is 1. The molecule has 0 saturated heterocycles. The first-order chi connectivity index (χ1) is 9.97. The molecule has 0 atom stereocenters. The molecule has 0 aliphatic carbocycles. The molecule has 0 unspecified atom stereocenters. The number of nitrogens with one attached hydrogen (secondary N) is 1. The molecule has 0 bridgehead atoms. The van der Waals surface area contributed by atoms with Crippen molar-refractivity contribution in [2.75, 3.05) is 12.4 Å². The summed E-state index contributed by atoms with van der Waals surface area (Å²) < 4.78 is 0. The van der Waals surface area contributed by atoms with Gasteiger partial charge in [0.05, 0.1) is 5.56 Å². The van der Waals surface area contributed by atoms with Crippen molar-refractivity contribution in [1.82, 2.24) is 4.90 Å². The van der Waals surface area contributed by atoms with Crippen LogP contribution in [0.3, 0.4) is 0 Å². The molecule has 0 spiro atoms. The van der Waals surface area contributed by atoms with Gasteiger partial charge in [0.15, 0.2) is 0 Å². The van der Waals surface area contributed by atoms with Crippen LogP contribution in [-0.2, 0) is 6.54 Å². The highest BCUT2D eigenvalue weighted by molar-refractivity contribution is 7.07. The third kappa shape index (κ3) is 3.82. The van der Waals surface area contributed by atoms with E-state index in [1.54, 1.807) is 42.3 Å². The van der Waals surface area contributed by atoms with Crippen LogP contribution in [0, 0.1) is 6.92 Å². The predicted octanol–water partition coefficient (Wildman–Crippen LogP) is 3.42. The molecule has 0 fully saturated rings. The lowest BCUT2D eigenvalue weighted by atomic mass is 10.1. The number of nitrogens with zero attached hydrogens (tertiary/aromatic N) is 1. The van der Waals surface area contributed by atoms with Gasteiger partial charge >= 0.3 is 12.0 Å². The number of urea groups is 1. The molecule has 0 aliphatic rings. The molecule has 1 aromatic carbocycles. The number of hydrogen-bond acceptors (Lipinski definition) is 3. The molecule has 2 rings (SSSR count). The second-order valence-electron chi connectivity index (χ2n) is 4.75. The number of carbonyl (C=O) groups excluding carboxylic acids is 1. The second-order valence-corrected chi connectivity index (χ2v) is 5.53. The lowest BCUT2D eigenvalue weighted by molar-refractivity contribution is 0.0696. The van der Waals surface area contributed by atoms with E-state index in [2.05, 4.69) is 5.32 Å². The largest absolute Gasteiger partial charge is 0.478 e. The summed E-state index contributed by atoms with van der Waals surface area (Å²) in [7, 11) is 1.71. The number of anilines is 1. The molecule has 21 heavy (non-hydrogen) atoms. The van der Waals surface area contributed by atoms with Crippen molar-refractivity contribution in [2.45, 2.75) is 13.5 Å². The molecule has 2 N–H and O–H groups in total. The topological polar surface area (TPSA) is 69.6 Å². The normalized spacial score (nSPS) is 10.2. The minimum absolute atomic E-state index is 0.233. The van der Waals surface area contributed by atoms with E-state index in [9.17, 15) is 9.59 Å². The van der Waals surface area contributed by atoms with Gasteiger partial charge in [-0.15, -0.1) is 0 Å². The highest BCUT2D eigenvalue weighted by atomic mass is 32.1. The Labute approximate surface area is 126 Å². The van der Waals surface area contributed by atoms with E-state index in [1.807, 2.05) is 16.8 Å². The van der Waals surface area contributed by atoms with Crippen molar-refractivity contribution >= 4 is 29.0 Å². The number of carbonyl (C=O) groups is 2. The molecule has 0 aliphatic heterocycles. The standard InChI is InChI=1S/C15H16N2O3S/c1-10-7-12(3-4-13(10)14(18)19)16-15(20)17(2)8-11-5-6-21-9-11/h3-7,9H,8H2,1-2H3,(H,16,20)(H,18,19). The van der Waals surface area contributed by atoms with Gasteiger partial charge in [0.2, 0.25) is 0 Å². The zero-order valence-corrected chi connectivity index (χ0v) is 12.6. The maximum atomic E-state index is 12.1. The summed E-state index contributed by atoms with van der Waals surface area (Å²) in [5.41, 5.74) is 2.51. The third-order valence-electron chi connectivity index (χ3n) is 3.05. The summed E-state index contributed by atoms with van der Waals surface area (Å²) in [5, 5.41) is 15.7. The van der Waals surface area contributed by atoms with Gasteiger partial charge in [-0.3, -0.25) is 0 Å². The van der Waals surface area contributed by atoms with E-state index in [-0.39, 0.29) is 11.6 Å². The van der Waals surface area contributed by atoms with Crippen LogP contribution >= 0.6 is 11.3 Å². The van der Waals surface area contributed by atoms with Crippen LogP contribution in [0.15, 0.2) is 35.0 Å². The van der Waals surface area contributed by atoms with Crippen molar-refractivity contribution in [1.29, 1.82) is 0 Å². The molecule has 1 heterocycles. The summed E-state index contributed by atoms with van der Waals surface area (Å²) in [6, 6.07) is 6.47. The Balaban J connectivity index is 2.02. The summed E-state index contributed by atoms with van der Waals surface area (Å²) in [6.07, 6.45) is 0. The Bertz CT molecular complexity index is 653. The Morgan fingerprint density at radius 1 is 1.33 bits per heavy atom. The average molecular weight is 304 g/mol. The molecule has 1 aromatic heterocycles. The lowest BCUT2D eigenvalue weighted by Gasteiger charge is -2.17. The zero-order chi connectivity index (χ0) is 15.4. The number of aryl methyl sites for hydroxylation is 1. The Hall–Kier alpha value is -2.34. The minimum atomic E-state index is -0.972. The first-order valence-corrected chi connectivity index (χ1v) is 7.29. The van der Waals surface area contributed by atoms with E-state index >= 15 is 0 Å². The number of amides is 2. The summed E-state index contributed by atoms with van der Waals surface area (Å²) in [5.74, 6) is -0.972. The molecule has 0 radical (unpaired) electrons. The summed E-state index contributed by atoms with van der Waals surface area (Å²) >= 11 is 1.59. The second kappa shape index (κ2) is 6.41. The fourth-order valence-electron chi connectivity index (χ4n) is 1.93. The van der Waals surface area contributed by atoms with Crippen LogP contribution in [-0.4, -0.2) is 29.1 Å². The van der Waals surface area contributed by atoms with Crippen molar-refractivity contribution in [3.05, 3.63) is 51.7 Å². The minimum Gasteiger partial charge on any atom is -0.478 e. The first-order valence-electron chi connectivity index (χ1n) is 6.34. The molecular weight excluding hydrogens is 288 g/mol. The van der Waals surface area contributed by atoms with Gasteiger partial charge in [0.1, 0.15) is 0 Å². The highest BCUT2D eigenvalue weighted by Gasteiger charge is 2.12. The Morgan fingerprint density at radius 3 is 2.67 bits per heavy atom. The van der Waals surface area contributed by atoms with Crippen molar-refractivity contribution in [3.8, 4) is 0 Å². The number of carboxylic acids is 1. The first kappa shape index (κ1) is 15.1. The third-order valence-corrected chi connectivity index (χ3v) is 3.79. The van der Waals surface area contributed by atoms with Crippen LogP contribution in [0.2, 0.25) is 0 Å². The SMILES string of the molecule is Cc1cc(NC(=O)N(C)Cc2ccsc2)ccc1C(=O)O. The van der Waals surface area contributed by atoms with Crippen LogP contribution in [0.5, 0.6) is 0 Å². The summed E-state index contributed by atoms with van der Waals surface area (Å²) in [6.45, 7) is 2.23. The van der Waals surface area contributed by atoms with E-state index in [0.29, 0.717) is 17.8 Å². The van der Waals surface area contributed by atoms with E-state index in [4.69, 9.17) is 5.11 Å². The van der Waals surface area contributed by atoms with Gasteiger partial charge < -0.3 is 15.3 Å². The van der Waals surface area contributed by atoms with Crippen molar-refractivity contribution < 1.29 is 14.7 Å². The lowest BCUT2D eigenvalue weighted by Crippen LogP contribution is -2.30. The smallest absolute Gasteiger partial charge is 0.335 e. The van der Waals surface area contributed by atoms with Crippen LogP contribution < -0.4 is 5.32 Å². The van der Waals surface area contributed by atoms with Gasteiger partial charge in [-0.2, -0.15) is 11.3 Å². The van der Waals surface area contributed by atoms with E-state index < -0.39 is 5.97 Å². The number of benzene rings is 1. The van der Waals surface area contributed by atoms with Gasteiger partial charge in [-0.1, -0.05) is 0 Å². The quantitative estimate of drug-likeness (QED) is 0.909. The van der Waals surface area contributed by atoms with Crippen LogP contribution in [0.4, 0.5) is 10.5 Å². The fourth-order valence-corrected chi connectivity index (χ4v) is 2.59.